The Hall–Kier alpha value is -7.37. The summed E-state index contributed by atoms with van der Waals surface area (Å²) in [7, 11) is -11.1. The first-order valence-corrected chi connectivity index (χ1v) is 35.4. The lowest BCUT2D eigenvalue weighted by Gasteiger charge is -2.39. The number of carbonyl (C=O) groups is 6. The highest BCUT2D eigenvalue weighted by atomic mass is 35.5. The van der Waals surface area contributed by atoms with E-state index < -0.39 is 82.5 Å². The van der Waals surface area contributed by atoms with E-state index in [1.165, 1.54) is 46.7 Å². The van der Waals surface area contributed by atoms with Crippen LogP contribution in [0.5, 0.6) is 0 Å². The van der Waals surface area contributed by atoms with Crippen molar-refractivity contribution in [2.24, 2.45) is 5.41 Å². The molecule has 4 heterocycles. The van der Waals surface area contributed by atoms with Gasteiger partial charge in [0, 0.05) is 117 Å². The number of allylic oxidation sites excluding steroid dienone is 1. The molecule has 28 heteroatoms. The van der Waals surface area contributed by atoms with E-state index >= 15 is 0 Å². The van der Waals surface area contributed by atoms with Crippen LogP contribution in [0.4, 0.5) is 30.2 Å². The summed E-state index contributed by atoms with van der Waals surface area (Å²) >= 11 is 7.59. The molecule has 1 aliphatic carbocycles. The summed E-state index contributed by atoms with van der Waals surface area (Å²) in [5.74, 6) is -3.50. The Bertz CT molecular complexity index is 3890. The smallest absolute Gasteiger partial charge is 0.382 e. The largest absolute Gasteiger partial charge is 0.501 e. The molecule has 0 saturated carbocycles. The summed E-state index contributed by atoms with van der Waals surface area (Å²) in [5.41, 5.74) is -0.717. The fraction of sp³-hybridized carbons (Fsp3) is 0.424. The molecular formula is C66H75ClF3N9O12S3. The van der Waals surface area contributed by atoms with Gasteiger partial charge in [-0.25, -0.2) is 21.6 Å². The van der Waals surface area contributed by atoms with Crippen molar-refractivity contribution in [1.29, 1.82) is 0 Å². The van der Waals surface area contributed by atoms with Gasteiger partial charge in [0.1, 0.15) is 17.5 Å². The van der Waals surface area contributed by atoms with E-state index in [2.05, 4.69) is 56.6 Å². The monoisotopic (exact) mass is 1370 g/mol. The Kier molecular flexibility index (Phi) is 22.3. The van der Waals surface area contributed by atoms with Crippen LogP contribution >= 0.6 is 23.4 Å². The number of thioether (sulfide) groups is 1. The zero-order valence-corrected chi connectivity index (χ0v) is 55.3. The zero-order valence-electron chi connectivity index (χ0n) is 52.1. The minimum absolute atomic E-state index is 0.00227. The number of rotatable bonds is 26. The van der Waals surface area contributed by atoms with Crippen molar-refractivity contribution in [3.63, 3.8) is 0 Å². The van der Waals surface area contributed by atoms with Crippen molar-refractivity contribution in [3.05, 3.63) is 148 Å². The number of sulfone groups is 1. The van der Waals surface area contributed by atoms with Crippen molar-refractivity contribution in [2.45, 2.75) is 84.7 Å². The predicted octanol–water partition coefficient (Wildman–Crippen LogP) is 8.19. The number of hydrogen-bond acceptors (Lipinski definition) is 18. The maximum absolute atomic E-state index is 14.5. The number of fused-ring (bicyclic) bond motifs is 1. The van der Waals surface area contributed by atoms with Gasteiger partial charge in [0.15, 0.2) is 0 Å². The number of nitrogens with zero attached hydrogens (tertiary/aromatic N) is 5. The van der Waals surface area contributed by atoms with Gasteiger partial charge in [-0.3, -0.25) is 48.8 Å². The number of imide groups is 2. The Morgan fingerprint density at radius 2 is 1.48 bits per heavy atom. The molecule has 10 rings (SSSR count). The molecule has 5 aromatic carbocycles. The second-order valence-corrected chi connectivity index (χ2v) is 29.6. The number of alkyl halides is 3. The van der Waals surface area contributed by atoms with Crippen LogP contribution in [0.1, 0.15) is 89.0 Å². The number of piperidine rings is 1. The topological polar surface area (TPSA) is 253 Å². The number of piperazine rings is 2. The second-order valence-electron chi connectivity index (χ2n) is 24.5. The first-order chi connectivity index (χ1) is 44.8. The van der Waals surface area contributed by atoms with Gasteiger partial charge in [-0.2, -0.15) is 13.2 Å². The van der Waals surface area contributed by atoms with E-state index in [9.17, 15) is 58.8 Å². The molecule has 5 aliphatic rings. The van der Waals surface area contributed by atoms with E-state index in [0.29, 0.717) is 69.0 Å². The number of hydrogen-bond donors (Lipinski definition) is 4. The summed E-state index contributed by atoms with van der Waals surface area (Å²) in [5, 5.41) is 8.96. The molecule has 2 atom stereocenters. The molecule has 502 valence electrons. The predicted molar refractivity (Wildman–Crippen MR) is 351 cm³/mol. The van der Waals surface area contributed by atoms with Crippen molar-refractivity contribution < 1.29 is 68.2 Å². The van der Waals surface area contributed by atoms with E-state index in [1.54, 1.807) is 29.2 Å². The van der Waals surface area contributed by atoms with Crippen LogP contribution in [-0.4, -0.2) is 194 Å². The van der Waals surface area contributed by atoms with Crippen molar-refractivity contribution >= 4 is 101 Å². The highest BCUT2D eigenvalue weighted by molar-refractivity contribution is 7.99. The van der Waals surface area contributed by atoms with Gasteiger partial charge >= 0.3 is 5.51 Å². The number of benzene rings is 5. The molecule has 21 nitrogen and oxygen atoms in total. The molecule has 3 fully saturated rings. The fourth-order valence-corrected chi connectivity index (χ4v) is 15.4. The van der Waals surface area contributed by atoms with Gasteiger partial charge in [0.2, 0.25) is 17.7 Å². The van der Waals surface area contributed by atoms with Crippen LogP contribution in [0.25, 0.3) is 5.57 Å². The first-order valence-electron chi connectivity index (χ1n) is 31.1. The minimum atomic E-state index is -6.18. The van der Waals surface area contributed by atoms with E-state index in [0.717, 1.165) is 66.5 Å². The lowest BCUT2D eigenvalue weighted by atomic mass is 9.73. The average Bonchev–Trinajstić information content (AvgIpc) is 1.67. The molecule has 6 amide bonds. The summed E-state index contributed by atoms with van der Waals surface area (Å²) in [6, 6.07) is 28.8. The lowest BCUT2D eigenvalue weighted by molar-refractivity contribution is -0.138. The fourth-order valence-electron chi connectivity index (χ4n) is 12.3. The third kappa shape index (κ3) is 17.0. The Morgan fingerprint density at radius 1 is 0.777 bits per heavy atom. The molecular weight excluding hydrogens is 1300 g/mol. The van der Waals surface area contributed by atoms with E-state index in [1.807, 2.05) is 47.2 Å². The molecule has 0 aromatic heterocycles. The number of sulfonamides is 1. The maximum Gasteiger partial charge on any atom is 0.501 e. The summed E-state index contributed by atoms with van der Waals surface area (Å²) < 4.78 is 111. The SMILES string of the molecule is CC1(C)CCC(c2ccc(Cl)cc2)=C(CN2CCN(c3ccc(C(=O)NS(=O)(=O)c4ccc(NC(CCN5CCN(C(=O)COCCOCCNc6cccc7c6C(=O)N(C6CCC(=O)NC6=O)C7=O)CC5)CSc5ccccc5)c(S(=O)(=O)C(F)(F)F)c4)cc3)CC2)C1. The average molecular weight is 1380 g/mol. The van der Waals surface area contributed by atoms with Crippen LogP contribution < -0.4 is 25.6 Å². The van der Waals surface area contributed by atoms with Crippen LogP contribution in [0, 0.1) is 5.41 Å². The molecule has 0 bridgehead atoms. The third-order valence-electron chi connectivity index (χ3n) is 17.4. The van der Waals surface area contributed by atoms with E-state index in [-0.39, 0.29) is 79.6 Å². The minimum Gasteiger partial charge on any atom is -0.382 e. The molecule has 3 saturated heterocycles. The van der Waals surface area contributed by atoms with Crippen molar-refractivity contribution in [3.8, 4) is 0 Å². The lowest BCUT2D eigenvalue weighted by Crippen LogP contribution is -2.54. The quantitative estimate of drug-likeness (QED) is 0.0231. The Morgan fingerprint density at radius 3 is 2.18 bits per heavy atom. The molecule has 94 heavy (non-hydrogen) atoms. The molecule has 0 spiro atoms. The maximum atomic E-state index is 14.5. The Labute approximate surface area is 554 Å². The number of carbonyl (C=O) groups excluding carboxylic acids is 6. The van der Waals surface area contributed by atoms with Gasteiger partial charge in [0.25, 0.3) is 37.6 Å². The van der Waals surface area contributed by atoms with Crippen LogP contribution in [0.2, 0.25) is 5.02 Å². The molecule has 5 aromatic rings. The van der Waals surface area contributed by atoms with E-state index in [4.69, 9.17) is 21.1 Å². The molecule has 2 unspecified atom stereocenters. The number of halogens is 4. The molecule has 4 aliphatic heterocycles. The zero-order chi connectivity index (χ0) is 67.0. The Balaban J connectivity index is 0.695. The normalized spacial score (nSPS) is 18.7. The van der Waals surface area contributed by atoms with Crippen LogP contribution in [0.3, 0.4) is 0 Å². The number of nitrogens with one attached hydrogen (secondary N) is 4. The van der Waals surface area contributed by atoms with Crippen LogP contribution in [-0.2, 0) is 43.7 Å². The van der Waals surface area contributed by atoms with Crippen molar-refractivity contribution in [2.75, 3.05) is 120 Å². The highest BCUT2D eigenvalue weighted by Gasteiger charge is 2.49. The summed E-state index contributed by atoms with van der Waals surface area (Å²) in [6.07, 6.45) is 3.41. The second kappa shape index (κ2) is 30.1. The first kappa shape index (κ1) is 69.5. The van der Waals surface area contributed by atoms with Gasteiger partial charge in [-0.1, -0.05) is 67.4 Å². The van der Waals surface area contributed by atoms with Gasteiger partial charge in [-0.15, -0.1) is 11.8 Å². The van der Waals surface area contributed by atoms with Crippen LogP contribution in [0.15, 0.2) is 136 Å². The van der Waals surface area contributed by atoms with Gasteiger partial charge < -0.3 is 29.9 Å². The van der Waals surface area contributed by atoms with Crippen molar-refractivity contribution in [1.82, 2.24) is 29.6 Å². The number of amides is 6. The summed E-state index contributed by atoms with van der Waals surface area (Å²) in [4.78, 5) is 85.3. The summed E-state index contributed by atoms with van der Waals surface area (Å²) in [6.45, 7) is 10.8. The van der Waals surface area contributed by atoms with Gasteiger partial charge in [-0.05, 0) is 128 Å². The molecule has 4 N–H and O–H groups in total. The standard InChI is InChI=1S/C66H75ClF3N9O12S3/c1-65(2)25-23-52(44-11-15-47(67)16-12-44)46(40-65)41-76-30-32-77(33-31-76)49-17-13-45(14-18-49)61(82)74-94(88,89)51-19-20-54(57(39-51)93(86,87)66(68,69)70)72-48(43-92-50-7-4-3-5-8-50)24-27-75-28-34-78(35-29-75)59(81)42-91-38-37-90-36-26-71-55-10-6-9-53-60(55)64(85)79(63(53)84)56-21-22-58(80)73-62(56)83/h3-20,39,48,56,71-72H,21-38,40-43H2,1-2H3,(H,74,82)(H,73,80,83). The highest BCUT2D eigenvalue weighted by Crippen LogP contribution is 2.43. The third-order valence-corrected chi connectivity index (χ3v) is 21.7. The molecule has 0 radical (unpaired) electrons. The van der Waals surface area contributed by atoms with Gasteiger partial charge in [0.05, 0.1) is 41.5 Å². The number of ether oxygens (including phenoxy) is 2. The number of anilines is 3.